The number of hydrogen-bond acceptors (Lipinski definition) is 4. The van der Waals surface area contributed by atoms with Crippen LogP contribution in [-0.2, 0) is 14.6 Å². The summed E-state index contributed by atoms with van der Waals surface area (Å²) in [5, 5.41) is 0. The van der Waals surface area contributed by atoms with Gasteiger partial charge in [0.2, 0.25) is 5.91 Å². The summed E-state index contributed by atoms with van der Waals surface area (Å²) in [6.45, 7) is 2.92. The van der Waals surface area contributed by atoms with E-state index >= 15 is 0 Å². The number of rotatable bonds is 6. The summed E-state index contributed by atoms with van der Waals surface area (Å²) >= 11 is 0. The van der Waals surface area contributed by atoms with E-state index in [1.807, 2.05) is 31.2 Å². The lowest BCUT2D eigenvalue weighted by atomic mass is 10.0. The lowest BCUT2D eigenvalue weighted by molar-refractivity contribution is -0.131. The Morgan fingerprint density at radius 2 is 2.18 bits per heavy atom. The molecule has 22 heavy (non-hydrogen) atoms. The third-order valence-electron chi connectivity index (χ3n) is 3.90. The van der Waals surface area contributed by atoms with Crippen LogP contribution >= 0.6 is 0 Å². The maximum absolute atomic E-state index is 12.1. The normalized spacial score (nSPS) is 19.8. The third-order valence-corrected chi connectivity index (χ3v) is 5.74. The molecule has 0 N–H and O–H groups in total. The molecule has 1 heterocycles. The molecule has 0 aliphatic carbocycles. The highest BCUT2D eigenvalue weighted by Gasteiger charge is 2.30. The molecule has 1 unspecified atom stereocenters. The third kappa shape index (κ3) is 5.02. The highest BCUT2D eigenvalue weighted by Crippen LogP contribution is 2.22. The Kier molecular flexibility index (Phi) is 5.45. The topological polar surface area (TPSA) is 63.7 Å². The molecule has 1 fully saturated rings. The molecule has 1 saturated heterocycles. The van der Waals surface area contributed by atoms with Gasteiger partial charge in [-0.05, 0) is 37.0 Å². The predicted octanol–water partition coefficient (Wildman–Crippen LogP) is 1.66. The fourth-order valence-corrected chi connectivity index (χ4v) is 4.43. The molecule has 5 nitrogen and oxygen atoms in total. The molecule has 0 spiro atoms. The van der Waals surface area contributed by atoms with Crippen molar-refractivity contribution in [3.8, 4) is 5.75 Å². The monoisotopic (exact) mass is 325 g/mol. The van der Waals surface area contributed by atoms with E-state index in [4.69, 9.17) is 4.74 Å². The summed E-state index contributed by atoms with van der Waals surface area (Å²) in [6, 6.07) is 7.77. The number of hydrogen-bond donors (Lipinski definition) is 0. The van der Waals surface area contributed by atoms with Crippen molar-refractivity contribution in [2.24, 2.45) is 5.92 Å². The van der Waals surface area contributed by atoms with Crippen molar-refractivity contribution in [1.82, 2.24) is 4.90 Å². The Morgan fingerprint density at radius 1 is 1.41 bits per heavy atom. The van der Waals surface area contributed by atoms with Crippen LogP contribution < -0.4 is 4.74 Å². The summed E-state index contributed by atoms with van der Waals surface area (Å²) in [5.41, 5.74) is 1.13. The van der Waals surface area contributed by atoms with Gasteiger partial charge >= 0.3 is 0 Å². The molecule has 0 bridgehead atoms. The predicted molar refractivity (Wildman–Crippen MR) is 85.7 cm³/mol. The highest BCUT2D eigenvalue weighted by molar-refractivity contribution is 7.91. The van der Waals surface area contributed by atoms with Gasteiger partial charge in [0.15, 0.2) is 9.84 Å². The smallest absolute Gasteiger partial charge is 0.222 e. The Bertz CT molecular complexity index is 627. The van der Waals surface area contributed by atoms with Crippen molar-refractivity contribution in [2.45, 2.75) is 19.8 Å². The van der Waals surface area contributed by atoms with E-state index in [1.54, 1.807) is 11.9 Å². The molecule has 0 saturated carbocycles. The van der Waals surface area contributed by atoms with Crippen molar-refractivity contribution in [1.29, 1.82) is 0 Å². The Balaban J connectivity index is 1.72. The van der Waals surface area contributed by atoms with Gasteiger partial charge < -0.3 is 9.64 Å². The first kappa shape index (κ1) is 16.8. The van der Waals surface area contributed by atoms with Crippen LogP contribution in [0.3, 0.4) is 0 Å². The van der Waals surface area contributed by atoms with Crippen LogP contribution in [-0.4, -0.2) is 50.9 Å². The summed E-state index contributed by atoms with van der Waals surface area (Å²) in [7, 11) is -1.19. The second-order valence-corrected chi connectivity index (χ2v) is 8.18. The number of aryl methyl sites for hydroxylation is 1. The number of nitrogens with zero attached hydrogens (tertiary/aromatic N) is 1. The van der Waals surface area contributed by atoms with Crippen molar-refractivity contribution in [2.75, 3.05) is 31.7 Å². The minimum atomic E-state index is -2.92. The first-order chi connectivity index (χ1) is 10.4. The Labute approximate surface area is 132 Å². The van der Waals surface area contributed by atoms with Gasteiger partial charge in [-0.25, -0.2) is 8.42 Å². The zero-order chi connectivity index (χ0) is 16.2. The summed E-state index contributed by atoms with van der Waals surface area (Å²) in [6.07, 6.45) is 0.905. The van der Waals surface area contributed by atoms with E-state index in [9.17, 15) is 13.2 Å². The molecule has 1 amide bonds. The van der Waals surface area contributed by atoms with Crippen LogP contribution in [0.2, 0.25) is 0 Å². The molecule has 1 aromatic carbocycles. The molecule has 1 aliphatic rings. The number of amides is 1. The van der Waals surface area contributed by atoms with Crippen molar-refractivity contribution < 1.29 is 17.9 Å². The van der Waals surface area contributed by atoms with Crippen LogP contribution in [0.4, 0.5) is 0 Å². The Hall–Kier alpha value is -1.56. The van der Waals surface area contributed by atoms with Gasteiger partial charge in [0, 0.05) is 13.5 Å². The van der Waals surface area contributed by atoms with E-state index in [1.165, 1.54) is 0 Å². The van der Waals surface area contributed by atoms with Gasteiger partial charge in [0.25, 0.3) is 0 Å². The molecule has 1 aliphatic heterocycles. The van der Waals surface area contributed by atoms with Gasteiger partial charge in [-0.15, -0.1) is 0 Å². The van der Waals surface area contributed by atoms with E-state index in [0.717, 1.165) is 11.3 Å². The van der Waals surface area contributed by atoms with Gasteiger partial charge in [0.1, 0.15) is 12.4 Å². The number of ether oxygens (including phenoxy) is 1. The zero-order valence-corrected chi connectivity index (χ0v) is 13.9. The largest absolute Gasteiger partial charge is 0.492 e. The number of benzene rings is 1. The Morgan fingerprint density at radius 3 is 2.82 bits per heavy atom. The van der Waals surface area contributed by atoms with Crippen LogP contribution in [0.5, 0.6) is 5.75 Å². The fraction of sp³-hybridized carbons (Fsp3) is 0.562. The van der Waals surface area contributed by atoms with Crippen LogP contribution in [0.1, 0.15) is 18.4 Å². The SMILES string of the molecule is Cc1cccc(OCCN(C)C(=O)CC2CCS(=O)(=O)C2)c1. The molecule has 6 heteroatoms. The molecule has 0 aromatic heterocycles. The van der Waals surface area contributed by atoms with Crippen LogP contribution in [0, 0.1) is 12.8 Å². The quantitative estimate of drug-likeness (QED) is 0.798. The van der Waals surface area contributed by atoms with Crippen molar-refractivity contribution >= 4 is 15.7 Å². The van der Waals surface area contributed by atoms with Crippen molar-refractivity contribution in [3.05, 3.63) is 29.8 Å². The van der Waals surface area contributed by atoms with Gasteiger partial charge in [-0.3, -0.25) is 4.79 Å². The number of sulfone groups is 1. The molecule has 2 rings (SSSR count). The molecule has 0 radical (unpaired) electrons. The number of carbonyl (C=O) groups excluding carboxylic acids is 1. The van der Waals surface area contributed by atoms with Gasteiger partial charge in [0.05, 0.1) is 18.1 Å². The first-order valence-electron chi connectivity index (χ1n) is 7.49. The summed E-state index contributed by atoms with van der Waals surface area (Å²) in [4.78, 5) is 13.7. The molecular formula is C16H23NO4S. The first-order valence-corrected chi connectivity index (χ1v) is 9.32. The maximum Gasteiger partial charge on any atom is 0.222 e. The van der Waals surface area contributed by atoms with Gasteiger partial charge in [-0.2, -0.15) is 0 Å². The summed E-state index contributed by atoms with van der Waals surface area (Å²) in [5.74, 6) is 1.10. The fourth-order valence-electron chi connectivity index (χ4n) is 2.57. The van der Waals surface area contributed by atoms with Crippen LogP contribution in [0.15, 0.2) is 24.3 Å². The van der Waals surface area contributed by atoms with E-state index in [0.29, 0.717) is 26.0 Å². The zero-order valence-electron chi connectivity index (χ0n) is 13.1. The average Bonchev–Trinajstić information content (AvgIpc) is 2.77. The number of carbonyl (C=O) groups is 1. The lowest BCUT2D eigenvalue weighted by Gasteiger charge is -2.19. The van der Waals surface area contributed by atoms with E-state index in [-0.39, 0.29) is 23.3 Å². The summed E-state index contributed by atoms with van der Waals surface area (Å²) < 4.78 is 28.4. The minimum Gasteiger partial charge on any atom is -0.492 e. The molecule has 122 valence electrons. The van der Waals surface area contributed by atoms with E-state index in [2.05, 4.69) is 0 Å². The molecule has 1 aromatic rings. The lowest BCUT2D eigenvalue weighted by Crippen LogP contribution is -2.32. The maximum atomic E-state index is 12.1. The van der Waals surface area contributed by atoms with Crippen LogP contribution in [0.25, 0.3) is 0 Å². The molecular weight excluding hydrogens is 302 g/mol. The molecule has 1 atom stereocenters. The van der Waals surface area contributed by atoms with Crippen molar-refractivity contribution in [3.63, 3.8) is 0 Å². The number of likely N-dealkylation sites (N-methyl/N-ethyl adjacent to an activating group) is 1. The minimum absolute atomic E-state index is 0.0186. The highest BCUT2D eigenvalue weighted by atomic mass is 32.2. The van der Waals surface area contributed by atoms with E-state index < -0.39 is 9.84 Å². The van der Waals surface area contributed by atoms with Gasteiger partial charge in [-0.1, -0.05) is 12.1 Å². The second kappa shape index (κ2) is 7.13. The average molecular weight is 325 g/mol. The second-order valence-electron chi connectivity index (χ2n) is 5.95. The standard InChI is InChI=1S/C16H23NO4S/c1-13-4-3-5-15(10-13)21-8-7-17(2)16(18)11-14-6-9-22(19,20)12-14/h3-5,10,14H,6-9,11-12H2,1-2H3.